The van der Waals surface area contributed by atoms with Gasteiger partial charge in [0.25, 0.3) is 5.91 Å². The third-order valence-electron chi connectivity index (χ3n) is 2.61. The molecule has 4 nitrogen and oxygen atoms in total. The van der Waals surface area contributed by atoms with Crippen molar-refractivity contribution >= 4 is 38.9 Å². The van der Waals surface area contributed by atoms with Gasteiger partial charge in [0.15, 0.2) is 0 Å². The molecule has 2 rings (SSSR count). The van der Waals surface area contributed by atoms with Crippen LogP contribution in [0.25, 0.3) is 0 Å². The van der Waals surface area contributed by atoms with Gasteiger partial charge in [0.05, 0.1) is 19.2 Å². The molecule has 0 aliphatic heterocycles. The molecule has 0 spiro atoms. The summed E-state index contributed by atoms with van der Waals surface area (Å²) in [6.45, 7) is 0.466. The number of anilines is 1. The van der Waals surface area contributed by atoms with Crippen molar-refractivity contribution in [3.8, 4) is 5.75 Å². The maximum absolute atomic E-state index is 12.1. The van der Waals surface area contributed by atoms with E-state index in [0.29, 0.717) is 23.5 Å². The molecule has 1 amide bonds. The fourth-order valence-corrected chi connectivity index (χ4v) is 3.00. The molecule has 0 unspecified atom stereocenters. The number of nitrogens with two attached hydrogens (primary N) is 1. The number of hydrogen-bond donors (Lipinski definition) is 2. The number of rotatable bonds is 4. The summed E-state index contributed by atoms with van der Waals surface area (Å²) in [5, 5.41) is 4.80. The standard InChI is InChI=1S/C13H13BrN2O2S/c1-18-8-2-3-11(15)9(6-8)13(17)16-7-12-10(14)4-5-19-12/h2-6H,7,15H2,1H3,(H,16,17). The molecule has 0 bridgehead atoms. The van der Waals surface area contributed by atoms with Crippen LogP contribution in [0, 0.1) is 0 Å². The van der Waals surface area contributed by atoms with Crippen LogP contribution in [0.2, 0.25) is 0 Å². The van der Waals surface area contributed by atoms with Crippen molar-refractivity contribution in [2.24, 2.45) is 0 Å². The quantitative estimate of drug-likeness (QED) is 0.840. The smallest absolute Gasteiger partial charge is 0.253 e. The summed E-state index contributed by atoms with van der Waals surface area (Å²) in [4.78, 5) is 13.1. The first-order valence-corrected chi connectivity index (χ1v) is 7.22. The van der Waals surface area contributed by atoms with E-state index in [2.05, 4.69) is 21.2 Å². The van der Waals surface area contributed by atoms with E-state index in [1.807, 2.05) is 11.4 Å². The van der Waals surface area contributed by atoms with Crippen LogP contribution in [0.15, 0.2) is 34.1 Å². The highest BCUT2D eigenvalue weighted by Crippen LogP contribution is 2.23. The second-order valence-corrected chi connectivity index (χ2v) is 5.68. The first-order valence-electron chi connectivity index (χ1n) is 5.55. The lowest BCUT2D eigenvalue weighted by Crippen LogP contribution is -2.23. The number of methoxy groups -OCH3 is 1. The van der Waals surface area contributed by atoms with Crippen LogP contribution in [0.1, 0.15) is 15.2 Å². The van der Waals surface area contributed by atoms with Crippen LogP contribution >= 0.6 is 27.3 Å². The van der Waals surface area contributed by atoms with Crippen molar-refractivity contribution in [1.29, 1.82) is 0 Å². The zero-order chi connectivity index (χ0) is 13.8. The molecule has 3 N–H and O–H groups in total. The molecule has 1 aromatic carbocycles. The number of hydrogen-bond acceptors (Lipinski definition) is 4. The van der Waals surface area contributed by atoms with E-state index >= 15 is 0 Å². The van der Waals surface area contributed by atoms with Gasteiger partial charge in [-0.25, -0.2) is 0 Å². The number of ether oxygens (including phenoxy) is 1. The van der Waals surface area contributed by atoms with Crippen LogP contribution in [0.3, 0.4) is 0 Å². The summed E-state index contributed by atoms with van der Waals surface area (Å²) in [7, 11) is 1.55. The molecule has 0 radical (unpaired) electrons. The number of nitrogens with one attached hydrogen (secondary N) is 1. The van der Waals surface area contributed by atoms with Crippen molar-refractivity contribution in [2.45, 2.75) is 6.54 Å². The van der Waals surface area contributed by atoms with Crippen LogP contribution in [0.5, 0.6) is 5.75 Å². The summed E-state index contributed by atoms with van der Waals surface area (Å²) < 4.78 is 6.09. The first-order chi connectivity index (χ1) is 9.11. The molecule has 1 aromatic heterocycles. The van der Waals surface area contributed by atoms with Gasteiger partial charge in [-0.3, -0.25) is 4.79 Å². The van der Waals surface area contributed by atoms with Gasteiger partial charge in [-0.1, -0.05) is 0 Å². The lowest BCUT2D eigenvalue weighted by molar-refractivity contribution is 0.0952. The predicted octanol–water partition coefficient (Wildman–Crippen LogP) is 3.03. The average molecular weight is 341 g/mol. The Hall–Kier alpha value is -1.53. The van der Waals surface area contributed by atoms with Crippen molar-refractivity contribution in [3.05, 3.63) is 44.6 Å². The van der Waals surface area contributed by atoms with Gasteiger partial charge in [-0.15, -0.1) is 11.3 Å². The molecule has 0 saturated heterocycles. The highest BCUT2D eigenvalue weighted by molar-refractivity contribution is 9.10. The molecule has 2 aromatic rings. The van der Waals surface area contributed by atoms with Crippen molar-refractivity contribution in [1.82, 2.24) is 5.32 Å². The summed E-state index contributed by atoms with van der Waals surface area (Å²) in [5.74, 6) is 0.397. The number of halogens is 1. The van der Waals surface area contributed by atoms with E-state index in [9.17, 15) is 4.79 Å². The molecule has 0 fully saturated rings. The highest BCUT2D eigenvalue weighted by Gasteiger charge is 2.11. The summed E-state index contributed by atoms with van der Waals surface area (Å²) in [6, 6.07) is 6.97. The fraction of sp³-hybridized carbons (Fsp3) is 0.154. The van der Waals surface area contributed by atoms with Crippen molar-refractivity contribution < 1.29 is 9.53 Å². The van der Waals surface area contributed by atoms with Gasteiger partial charge in [0, 0.05) is 15.0 Å². The third kappa shape index (κ3) is 3.27. The molecule has 19 heavy (non-hydrogen) atoms. The van der Waals surface area contributed by atoms with Gasteiger partial charge < -0.3 is 15.8 Å². The lowest BCUT2D eigenvalue weighted by atomic mass is 10.1. The van der Waals surface area contributed by atoms with Gasteiger partial charge in [0.2, 0.25) is 0 Å². The zero-order valence-electron chi connectivity index (χ0n) is 10.3. The molecule has 0 atom stereocenters. The molecular formula is C13H13BrN2O2S. The maximum atomic E-state index is 12.1. The van der Waals surface area contributed by atoms with E-state index < -0.39 is 0 Å². The van der Waals surface area contributed by atoms with Gasteiger partial charge >= 0.3 is 0 Å². The van der Waals surface area contributed by atoms with E-state index in [1.165, 1.54) is 0 Å². The highest BCUT2D eigenvalue weighted by atomic mass is 79.9. The van der Waals surface area contributed by atoms with Crippen LogP contribution in [0.4, 0.5) is 5.69 Å². The molecule has 100 valence electrons. The van der Waals surface area contributed by atoms with Crippen LogP contribution in [-0.4, -0.2) is 13.0 Å². The third-order valence-corrected chi connectivity index (χ3v) is 4.53. The number of nitrogen functional groups attached to an aromatic ring is 1. The van der Waals surface area contributed by atoms with Gasteiger partial charge in [-0.05, 0) is 45.6 Å². The number of carbonyl (C=O) groups excluding carboxylic acids is 1. The topological polar surface area (TPSA) is 64.3 Å². The Balaban J connectivity index is 2.10. The second-order valence-electron chi connectivity index (χ2n) is 3.83. The normalized spacial score (nSPS) is 10.2. The maximum Gasteiger partial charge on any atom is 0.253 e. The second kappa shape index (κ2) is 6.08. The minimum atomic E-state index is -0.211. The SMILES string of the molecule is COc1ccc(N)c(C(=O)NCc2sccc2Br)c1. The number of thiophene rings is 1. The Morgan fingerprint density at radius 1 is 1.47 bits per heavy atom. The van der Waals surface area contributed by atoms with Crippen molar-refractivity contribution in [3.63, 3.8) is 0 Å². The largest absolute Gasteiger partial charge is 0.497 e. The van der Waals surface area contributed by atoms with E-state index in [4.69, 9.17) is 10.5 Å². The Morgan fingerprint density at radius 3 is 2.89 bits per heavy atom. The Kier molecular flexibility index (Phi) is 4.44. The van der Waals surface area contributed by atoms with E-state index in [1.54, 1.807) is 36.6 Å². The lowest BCUT2D eigenvalue weighted by Gasteiger charge is -2.08. The van der Waals surface area contributed by atoms with Gasteiger partial charge in [-0.2, -0.15) is 0 Å². The molecule has 0 aliphatic carbocycles. The molecule has 0 saturated carbocycles. The Morgan fingerprint density at radius 2 is 2.26 bits per heavy atom. The fourth-order valence-electron chi connectivity index (χ4n) is 1.57. The van der Waals surface area contributed by atoms with E-state index in [-0.39, 0.29) is 5.91 Å². The number of benzene rings is 1. The Labute approximate surface area is 123 Å². The van der Waals surface area contributed by atoms with Gasteiger partial charge in [0.1, 0.15) is 5.75 Å². The monoisotopic (exact) mass is 340 g/mol. The summed E-state index contributed by atoms with van der Waals surface area (Å²) in [5.41, 5.74) is 6.66. The van der Waals surface area contributed by atoms with Crippen LogP contribution < -0.4 is 15.8 Å². The number of amides is 1. The summed E-state index contributed by atoms with van der Waals surface area (Å²) >= 11 is 5.01. The zero-order valence-corrected chi connectivity index (χ0v) is 12.7. The molecule has 6 heteroatoms. The molecular weight excluding hydrogens is 328 g/mol. The average Bonchev–Trinajstić information content (AvgIpc) is 2.82. The first kappa shape index (κ1) is 13.9. The minimum Gasteiger partial charge on any atom is -0.497 e. The molecule has 1 heterocycles. The summed E-state index contributed by atoms with van der Waals surface area (Å²) in [6.07, 6.45) is 0. The minimum absolute atomic E-state index is 0.211. The molecule has 0 aliphatic rings. The predicted molar refractivity (Wildman–Crippen MR) is 80.6 cm³/mol. The van der Waals surface area contributed by atoms with Crippen molar-refractivity contribution in [2.75, 3.05) is 12.8 Å². The number of carbonyl (C=O) groups is 1. The Bertz CT molecular complexity index is 598. The van der Waals surface area contributed by atoms with E-state index in [0.717, 1.165) is 9.35 Å². The van der Waals surface area contributed by atoms with Crippen LogP contribution in [-0.2, 0) is 6.54 Å².